The van der Waals surface area contributed by atoms with E-state index in [1.807, 2.05) is 32.0 Å². The summed E-state index contributed by atoms with van der Waals surface area (Å²) < 4.78 is 40.0. The lowest BCUT2D eigenvalue weighted by atomic mass is 10.0. The van der Waals surface area contributed by atoms with Crippen molar-refractivity contribution in [2.45, 2.75) is 39.7 Å². The number of hydrogen-bond donors (Lipinski definition) is 1. The zero-order chi connectivity index (χ0) is 20.2. The van der Waals surface area contributed by atoms with Crippen LogP contribution in [0.25, 0.3) is 0 Å². The van der Waals surface area contributed by atoms with E-state index in [0.717, 1.165) is 28.1 Å². The lowest BCUT2D eigenvalue weighted by Crippen LogP contribution is -2.47. The highest BCUT2D eigenvalue weighted by Gasteiger charge is 2.33. The van der Waals surface area contributed by atoms with E-state index in [4.69, 9.17) is 0 Å². The maximum absolute atomic E-state index is 14.3. The summed E-state index contributed by atoms with van der Waals surface area (Å²) in [7, 11) is -3.88. The van der Waals surface area contributed by atoms with E-state index in [1.54, 1.807) is 6.92 Å². The van der Waals surface area contributed by atoms with Crippen LogP contribution < -0.4 is 9.62 Å². The first kappa shape index (κ1) is 20.9. The Hall–Kier alpha value is -2.41. The standard InChI is InChI=1S/C20H25FN2O3S/c1-5-15-11-9-10-14(3)19(15)22-20(24)17(6-2)23(27(4,25)26)18-13-8-7-12-16(18)21/h7-13,17H,5-6H2,1-4H3,(H,22,24)/t17-/m0/s1. The first-order valence-electron chi connectivity index (χ1n) is 8.84. The van der Waals surface area contributed by atoms with Gasteiger partial charge in [0, 0.05) is 5.69 Å². The van der Waals surface area contributed by atoms with E-state index in [0.29, 0.717) is 5.69 Å². The molecule has 0 radical (unpaired) electrons. The Morgan fingerprint density at radius 1 is 1.15 bits per heavy atom. The van der Waals surface area contributed by atoms with Crippen LogP contribution in [-0.4, -0.2) is 26.6 Å². The number of nitrogens with one attached hydrogen (secondary N) is 1. The number of carbonyl (C=O) groups excluding carboxylic acids is 1. The van der Waals surface area contributed by atoms with Gasteiger partial charge in [-0.1, -0.05) is 44.2 Å². The smallest absolute Gasteiger partial charge is 0.248 e. The van der Waals surface area contributed by atoms with Crippen molar-refractivity contribution in [1.29, 1.82) is 0 Å². The van der Waals surface area contributed by atoms with Crippen LogP contribution in [0.4, 0.5) is 15.8 Å². The van der Waals surface area contributed by atoms with Crippen LogP contribution in [0.1, 0.15) is 31.4 Å². The maximum Gasteiger partial charge on any atom is 0.248 e. The monoisotopic (exact) mass is 392 g/mol. The predicted molar refractivity (Wildman–Crippen MR) is 107 cm³/mol. The number of hydrogen-bond acceptors (Lipinski definition) is 3. The van der Waals surface area contributed by atoms with Crippen molar-refractivity contribution in [3.8, 4) is 0 Å². The van der Waals surface area contributed by atoms with E-state index >= 15 is 0 Å². The van der Waals surface area contributed by atoms with Crippen molar-refractivity contribution in [3.05, 3.63) is 59.4 Å². The summed E-state index contributed by atoms with van der Waals surface area (Å²) in [6.07, 6.45) is 1.89. The minimum Gasteiger partial charge on any atom is -0.324 e. The summed E-state index contributed by atoms with van der Waals surface area (Å²) in [4.78, 5) is 13.0. The summed E-state index contributed by atoms with van der Waals surface area (Å²) in [5, 5.41) is 2.86. The summed E-state index contributed by atoms with van der Waals surface area (Å²) in [6.45, 7) is 5.55. The third-order valence-corrected chi connectivity index (χ3v) is 5.57. The van der Waals surface area contributed by atoms with Crippen molar-refractivity contribution < 1.29 is 17.6 Å². The molecule has 0 heterocycles. The summed E-state index contributed by atoms with van der Waals surface area (Å²) in [5.41, 5.74) is 2.37. The molecule has 0 saturated carbocycles. The van der Waals surface area contributed by atoms with E-state index < -0.39 is 27.8 Å². The maximum atomic E-state index is 14.3. The number of amides is 1. The largest absolute Gasteiger partial charge is 0.324 e. The van der Waals surface area contributed by atoms with Gasteiger partial charge in [-0.3, -0.25) is 9.10 Å². The number of sulfonamides is 1. The second-order valence-electron chi connectivity index (χ2n) is 6.39. The van der Waals surface area contributed by atoms with Gasteiger partial charge < -0.3 is 5.32 Å². The minimum absolute atomic E-state index is 0.137. The molecule has 0 fully saturated rings. The molecule has 1 atom stereocenters. The molecule has 146 valence electrons. The molecule has 7 heteroatoms. The Labute approximate surface area is 160 Å². The minimum atomic E-state index is -3.88. The Morgan fingerprint density at radius 3 is 2.37 bits per heavy atom. The first-order chi connectivity index (χ1) is 12.7. The highest BCUT2D eigenvalue weighted by Crippen LogP contribution is 2.27. The van der Waals surface area contributed by atoms with Gasteiger partial charge in [0.25, 0.3) is 0 Å². The molecule has 2 aromatic rings. The molecule has 0 unspecified atom stereocenters. The molecule has 0 aliphatic heterocycles. The van der Waals surface area contributed by atoms with E-state index in [1.165, 1.54) is 24.3 Å². The SMILES string of the molecule is CCc1cccc(C)c1NC(=O)[C@H](CC)N(c1ccccc1F)S(C)(=O)=O. The lowest BCUT2D eigenvalue weighted by Gasteiger charge is -2.30. The Morgan fingerprint density at radius 2 is 1.81 bits per heavy atom. The number of anilines is 2. The molecular formula is C20H25FN2O3S. The van der Waals surface area contributed by atoms with Gasteiger partial charge in [-0.25, -0.2) is 12.8 Å². The van der Waals surface area contributed by atoms with Crippen molar-refractivity contribution in [3.63, 3.8) is 0 Å². The molecule has 2 rings (SSSR count). The van der Waals surface area contributed by atoms with Crippen LogP contribution in [0.5, 0.6) is 0 Å². The number of aryl methyl sites for hydroxylation is 2. The zero-order valence-electron chi connectivity index (χ0n) is 16.0. The topological polar surface area (TPSA) is 66.5 Å². The second-order valence-corrected chi connectivity index (χ2v) is 8.25. The molecule has 0 aromatic heterocycles. The lowest BCUT2D eigenvalue weighted by molar-refractivity contribution is -0.117. The fourth-order valence-corrected chi connectivity index (χ4v) is 4.29. The summed E-state index contributed by atoms with van der Waals surface area (Å²) in [5.74, 6) is -1.19. The quantitative estimate of drug-likeness (QED) is 0.778. The summed E-state index contributed by atoms with van der Waals surface area (Å²) >= 11 is 0. The molecule has 0 aliphatic rings. The fraction of sp³-hybridized carbons (Fsp3) is 0.350. The van der Waals surface area contributed by atoms with Gasteiger partial charge in [-0.2, -0.15) is 0 Å². The van der Waals surface area contributed by atoms with Crippen LogP contribution in [0.2, 0.25) is 0 Å². The number of para-hydroxylation sites is 2. The van der Waals surface area contributed by atoms with E-state index in [-0.39, 0.29) is 12.1 Å². The first-order valence-corrected chi connectivity index (χ1v) is 10.7. The van der Waals surface area contributed by atoms with E-state index in [2.05, 4.69) is 5.32 Å². The predicted octanol–water partition coefficient (Wildman–Crippen LogP) is 3.88. The average molecular weight is 392 g/mol. The molecule has 0 saturated heterocycles. The Bertz CT molecular complexity index is 929. The van der Waals surface area contributed by atoms with Crippen molar-refractivity contribution in [2.24, 2.45) is 0 Å². The number of rotatable bonds is 7. The van der Waals surface area contributed by atoms with Crippen molar-refractivity contribution in [2.75, 3.05) is 15.9 Å². The molecular weight excluding hydrogens is 367 g/mol. The second kappa shape index (κ2) is 8.52. The van der Waals surface area contributed by atoms with Crippen LogP contribution in [0, 0.1) is 12.7 Å². The summed E-state index contributed by atoms with van der Waals surface area (Å²) in [6, 6.07) is 10.2. The Balaban J connectivity index is 2.47. The highest BCUT2D eigenvalue weighted by molar-refractivity contribution is 7.92. The number of carbonyl (C=O) groups is 1. The highest BCUT2D eigenvalue weighted by atomic mass is 32.2. The Kier molecular flexibility index (Phi) is 6.59. The van der Waals surface area contributed by atoms with Gasteiger partial charge in [0.2, 0.25) is 15.9 Å². The van der Waals surface area contributed by atoms with Crippen LogP contribution in [0.3, 0.4) is 0 Å². The normalized spacial score (nSPS) is 12.5. The molecule has 1 amide bonds. The number of benzene rings is 2. The van der Waals surface area contributed by atoms with E-state index in [9.17, 15) is 17.6 Å². The van der Waals surface area contributed by atoms with Gasteiger partial charge in [0.15, 0.2) is 0 Å². The van der Waals surface area contributed by atoms with Crippen LogP contribution >= 0.6 is 0 Å². The van der Waals surface area contributed by atoms with Crippen LogP contribution in [0.15, 0.2) is 42.5 Å². The number of halogens is 1. The molecule has 2 aromatic carbocycles. The number of nitrogens with zero attached hydrogens (tertiary/aromatic N) is 1. The average Bonchev–Trinajstić information content (AvgIpc) is 2.61. The third kappa shape index (κ3) is 4.66. The van der Waals surface area contributed by atoms with Gasteiger partial charge in [-0.15, -0.1) is 0 Å². The molecule has 0 bridgehead atoms. The van der Waals surface area contributed by atoms with Gasteiger partial charge >= 0.3 is 0 Å². The molecule has 5 nitrogen and oxygen atoms in total. The fourth-order valence-electron chi connectivity index (χ4n) is 3.07. The van der Waals surface area contributed by atoms with Gasteiger partial charge in [0.05, 0.1) is 11.9 Å². The van der Waals surface area contributed by atoms with Gasteiger partial charge in [0.1, 0.15) is 11.9 Å². The van der Waals surface area contributed by atoms with Crippen molar-refractivity contribution >= 4 is 27.3 Å². The molecule has 27 heavy (non-hydrogen) atoms. The van der Waals surface area contributed by atoms with Crippen molar-refractivity contribution in [1.82, 2.24) is 0 Å². The molecule has 0 spiro atoms. The third-order valence-electron chi connectivity index (χ3n) is 4.41. The molecule has 1 N–H and O–H groups in total. The van der Waals surface area contributed by atoms with Gasteiger partial charge in [-0.05, 0) is 43.0 Å². The van der Waals surface area contributed by atoms with Crippen LogP contribution in [-0.2, 0) is 21.2 Å². The zero-order valence-corrected chi connectivity index (χ0v) is 16.8. The molecule has 0 aliphatic carbocycles.